The van der Waals surface area contributed by atoms with E-state index < -0.39 is 5.41 Å². The summed E-state index contributed by atoms with van der Waals surface area (Å²) in [5, 5.41) is 0. The van der Waals surface area contributed by atoms with Gasteiger partial charge in [-0.15, -0.1) is 0 Å². The maximum atomic E-state index is 2.52. The van der Waals surface area contributed by atoms with Crippen LogP contribution in [0.15, 0.2) is 212 Å². The normalized spacial score (nSPS) is 15.8. The lowest BCUT2D eigenvalue weighted by Gasteiger charge is -2.31. The quantitative estimate of drug-likeness (QED) is 0.169. The van der Waals surface area contributed by atoms with E-state index in [9.17, 15) is 0 Å². The van der Waals surface area contributed by atoms with Gasteiger partial charge in [-0.1, -0.05) is 178 Å². The smallest absolute Gasteiger partial charge is 0.0725 e. The highest BCUT2D eigenvalue weighted by Crippen LogP contribution is 2.66. The predicted molar refractivity (Wildman–Crippen MR) is 246 cm³/mol. The van der Waals surface area contributed by atoms with E-state index in [-0.39, 0.29) is 5.41 Å². The van der Waals surface area contributed by atoms with Gasteiger partial charge in [-0.05, 0) is 138 Å². The van der Waals surface area contributed by atoms with Crippen LogP contribution in [-0.4, -0.2) is 0 Å². The zero-order valence-corrected chi connectivity index (χ0v) is 33.2. The van der Waals surface area contributed by atoms with Gasteiger partial charge in [0.1, 0.15) is 0 Å². The maximum Gasteiger partial charge on any atom is 0.0725 e. The molecule has 59 heavy (non-hydrogen) atoms. The number of nitrogens with zero attached hydrogens (tertiary/aromatic N) is 1. The summed E-state index contributed by atoms with van der Waals surface area (Å²) in [6, 6.07) is 79.0. The minimum absolute atomic E-state index is 0.0842. The van der Waals surface area contributed by atoms with Crippen molar-refractivity contribution in [3.05, 3.63) is 246 Å². The SMILES string of the molecule is CC1(C)c2ccccc2-c2c1ccc1c2-c2ccccc2C12c1ccccc1-c1ccc(-c3cc(-c4ccccc4)cc(N(c4ccccc4)c4ccccc4)c3)cc12. The molecule has 0 fully saturated rings. The third-order valence-corrected chi connectivity index (χ3v) is 13.4. The summed E-state index contributed by atoms with van der Waals surface area (Å²) in [7, 11) is 0. The Morgan fingerprint density at radius 1 is 0.288 bits per heavy atom. The molecule has 0 saturated heterocycles. The van der Waals surface area contributed by atoms with E-state index in [4.69, 9.17) is 0 Å². The highest BCUT2D eigenvalue weighted by Gasteiger charge is 2.53. The van der Waals surface area contributed by atoms with E-state index in [2.05, 4.69) is 231 Å². The van der Waals surface area contributed by atoms with Crippen LogP contribution in [0.4, 0.5) is 17.1 Å². The van der Waals surface area contributed by atoms with Gasteiger partial charge in [0, 0.05) is 22.5 Å². The second kappa shape index (κ2) is 12.6. The van der Waals surface area contributed by atoms with Crippen LogP contribution in [0.1, 0.15) is 47.2 Å². The summed E-state index contributed by atoms with van der Waals surface area (Å²) in [4.78, 5) is 2.38. The van der Waals surface area contributed by atoms with Crippen molar-refractivity contribution < 1.29 is 0 Å². The number of hydrogen-bond donors (Lipinski definition) is 0. The fourth-order valence-corrected chi connectivity index (χ4v) is 10.9. The molecule has 0 heterocycles. The molecule has 0 aromatic heterocycles. The molecule has 9 aromatic rings. The van der Waals surface area contributed by atoms with Gasteiger partial charge in [0.25, 0.3) is 0 Å². The molecule has 12 rings (SSSR count). The molecule has 9 aromatic carbocycles. The van der Waals surface area contributed by atoms with Crippen molar-refractivity contribution in [1.82, 2.24) is 0 Å². The number of benzene rings is 9. The Morgan fingerprint density at radius 3 is 1.42 bits per heavy atom. The summed E-state index contributed by atoms with van der Waals surface area (Å²) in [6.07, 6.45) is 0. The molecule has 1 spiro atoms. The van der Waals surface area contributed by atoms with Crippen LogP contribution in [0, 0.1) is 0 Å². The molecule has 0 N–H and O–H groups in total. The molecule has 1 atom stereocenters. The van der Waals surface area contributed by atoms with Crippen LogP contribution >= 0.6 is 0 Å². The van der Waals surface area contributed by atoms with Crippen LogP contribution in [0.2, 0.25) is 0 Å². The van der Waals surface area contributed by atoms with Crippen LogP contribution in [-0.2, 0) is 10.8 Å². The van der Waals surface area contributed by atoms with Crippen molar-refractivity contribution in [1.29, 1.82) is 0 Å². The van der Waals surface area contributed by atoms with Crippen molar-refractivity contribution in [3.63, 3.8) is 0 Å². The molecule has 0 amide bonds. The Bertz CT molecular complexity index is 3080. The third-order valence-electron chi connectivity index (χ3n) is 13.4. The number of anilines is 3. The zero-order valence-electron chi connectivity index (χ0n) is 33.2. The third kappa shape index (κ3) is 4.73. The lowest BCUT2D eigenvalue weighted by Crippen LogP contribution is -2.26. The van der Waals surface area contributed by atoms with Crippen LogP contribution < -0.4 is 4.90 Å². The molecule has 3 aliphatic rings. The van der Waals surface area contributed by atoms with Crippen molar-refractivity contribution >= 4 is 17.1 Å². The van der Waals surface area contributed by atoms with Crippen molar-refractivity contribution in [2.24, 2.45) is 0 Å². The van der Waals surface area contributed by atoms with Gasteiger partial charge in [-0.3, -0.25) is 0 Å². The number of fused-ring (bicyclic) bond motifs is 14. The molecular formula is C58H41N. The Labute approximate surface area is 346 Å². The molecular weight excluding hydrogens is 711 g/mol. The lowest BCUT2D eigenvalue weighted by molar-refractivity contribution is 0.660. The average molecular weight is 752 g/mol. The summed E-state index contributed by atoms with van der Waals surface area (Å²) < 4.78 is 0. The molecule has 1 unspecified atom stereocenters. The first-order valence-corrected chi connectivity index (χ1v) is 20.8. The predicted octanol–water partition coefficient (Wildman–Crippen LogP) is 15.1. The van der Waals surface area contributed by atoms with E-state index in [1.54, 1.807) is 0 Å². The van der Waals surface area contributed by atoms with Gasteiger partial charge >= 0.3 is 0 Å². The maximum absolute atomic E-state index is 2.52. The van der Waals surface area contributed by atoms with E-state index in [1.165, 1.54) is 89.0 Å². The van der Waals surface area contributed by atoms with Gasteiger partial charge in [0.15, 0.2) is 0 Å². The standard InChI is InChI=1S/C58H41N/c1-57(2)49-27-15-13-25-47(49)55-52(57)32-33-53-56(55)48-26-14-17-29-51(48)58(53)50-28-16-12-24-45(50)46-31-30-39(37-54(46)58)41-34-40(38-18-6-3-7-19-38)35-44(36-41)59(42-20-8-4-9-21-42)43-22-10-5-11-23-43/h3-37H,1-2H3. The van der Waals surface area contributed by atoms with Crippen LogP contribution in [0.25, 0.3) is 55.6 Å². The van der Waals surface area contributed by atoms with Gasteiger partial charge in [0.2, 0.25) is 0 Å². The summed E-state index contributed by atoms with van der Waals surface area (Å²) in [5.41, 5.74) is 24.0. The molecule has 1 nitrogen and oxygen atoms in total. The van der Waals surface area contributed by atoms with E-state index >= 15 is 0 Å². The second-order valence-corrected chi connectivity index (χ2v) is 16.8. The monoisotopic (exact) mass is 751 g/mol. The molecule has 278 valence electrons. The van der Waals surface area contributed by atoms with E-state index in [0.29, 0.717) is 0 Å². The van der Waals surface area contributed by atoms with Gasteiger partial charge in [-0.2, -0.15) is 0 Å². The van der Waals surface area contributed by atoms with Gasteiger partial charge < -0.3 is 4.90 Å². The molecule has 0 saturated carbocycles. The average Bonchev–Trinajstić information content (AvgIpc) is 3.86. The molecule has 0 aliphatic heterocycles. The van der Waals surface area contributed by atoms with Crippen LogP contribution in [0.5, 0.6) is 0 Å². The van der Waals surface area contributed by atoms with Crippen molar-refractivity contribution in [2.75, 3.05) is 4.90 Å². The Morgan fingerprint density at radius 2 is 0.763 bits per heavy atom. The fraction of sp³-hybridized carbons (Fsp3) is 0.0690. The first-order valence-electron chi connectivity index (χ1n) is 20.8. The summed E-state index contributed by atoms with van der Waals surface area (Å²) in [5.74, 6) is 0. The Balaban J connectivity index is 1.13. The Kier molecular flexibility index (Phi) is 7.26. The second-order valence-electron chi connectivity index (χ2n) is 16.8. The van der Waals surface area contributed by atoms with Gasteiger partial charge in [0.05, 0.1) is 5.41 Å². The highest BCUT2D eigenvalue weighted by molar-refractivity contribution is 6.03. The summed E-state index contributed by atoms with van der Waals surface area (Å²) >= 11 is 0. The Hall–Kier alpha value is -7.22. The van der Waals surface area contributed by atoms with E-state index in [1.807, 2.05) is 0 Å². The van der Waals surface area contributed by atoms with Crippen molar-refractivity contribution in [2.45, 2.75) is 24.7 Å². The molecule has 0 radical (unpaired) electrons. The minimum Gasteiger partial charge on any atom is -0.310 e. The number of rotatable bonds is 5. The minimum atomic E-state index is -0.468. The number of hydrogen-bond acceptors (Lipinski definition) is 1. The van der Waals surface area contributed by atoms with Crippen LogP contribution in [0.3, 0.4) is 0 Å². The lowest BCUT2D eigenvalue weighted by atomic mass is 9.69. The summed E-state index contributed by atoms with van der Waals surface area (Å²) in [6.45, 7) is 4.78. The molecule has 1 heteroatoms. The van der Waals surface area contributed by atoms with Gasteiger partial charge in [-0.25, -0.2) is 0 Å². The molecule has 0 bridgehead atoms. The fourth-order valence-electron chi connectivity index (χ4n) is 10.9. The first-order chi connectivity index (χ1) is 29.0. The zero-order chi connectivity index (χ0) is 39.3. The van der Waals surface area contributed by atoms with Crippen molar-refractivity contribution in [3.8, 4) is 55.6 Å². The topological polar surface area (TPSA) is 3.24 Å². The molecule has 3 aliphatic carbocycles. The van der Waals surface area contributed by atoms with E-state index in [0.717, 1.165) is 17.1 Å². The highest BCUT2D eigenvalue weighted by atomic mass is 15.1. The number of para-hydroxylation sites is 2. The largest absolute Gasteiger partial charge is 0.310 e. The first kappa shape index (κ1) is 33.9.